The van der Waals surface area contributed by atoms with Crippen molar-refractivity contribution in [2.24, 2.45) is 13.0 Å². The van der Waals surface area contributed by atoms with Crippen molar-refractivity contribution in [1.29, 1.82) is 0 Å². The minimum Gasteiger partial charge on any atom is -0.327 e. The Balaban J connectivity index is 1.81. The predicted molar refractivity (Wildman–Crippen MR) is 83.0 cm³/mol. The quantitative estimate of drug-likeness (QED) is 0.768. The molecule has 0 saturated carbocycles. The summed E-state index contributed by atoms with van der Waals surface area (Å²) in [6.45, 7) is 0.908. The Morgan fingerprint density at radius 3 is 2.80 bits per heavy atom. The average Bonchev–Trinajstić information content (AvgIpc) is 3.16. The van der Waals surface area contributed by atoms with Gasteiger partial charge in [-0.15, -0.1) is 0 Å². The first-order chi connectivity index (χ1) is 11.8. The lowest BCUT2D eigenvalue weighted by Gasteiger charge is -2.17. The number of aryl methyl sites for hydroxylation is 1. The fourth-order valence-electron chi connectivity index (χ4n) is 2.90. The number of rotatable bonds is 3. The fraction of sp³-hybridized carbons (Fsp3) is 0.400. The van der Waals surface area contributed by atoms with Gasteiger partial charge in [-0.05, 0) is 11.6 Å². The second-order valence-electron chi connectivity index (χ2n) is 5.94. The van der Waals surface area contributed by atoms with Crippen LogP contribution in [-0.4, -0.2) is 33.8 Å². The maximum Gasteiger partial charge on any atom is 0.417 e. The molecule has 10 heteroatoms. The number of amides is 1. The molecule has 0 spiro atoms. The zero-order chi connectivity index (χ0) is 18.2. The molecule has 134 valence electrons. The summed E-state index contributed by atoms with van der Waals surface area (Å²) in [7, 11) is 1.75. The van der Waals surface area contributed by atoms with Gasteiger partial charge in [-0.2, -0.15) is 18.3 Å². The second-order valence-corrected chi connectivity index (χ2v) is 5.94. The van der Waals surface area contributed by atoms with Crippen LogP contribution in [0, 0.1) is 5.92 Å². The maximum absolute atomic E-state index is 12.8. The number of nitrogens with one attached hydrogen (secondary N) is 3. The van der Waals surface area contributed by atoms with Crippen molar-refractivity contribution < 1.29 is 18.0 Å². The number of hydrogen-bond acceptors (Lipinski definition) is 4. The molecule has 3 N–H and O–H groups in total. The van der Waals surface area contributed by atoms with Crippen LogP contribution in [0.2, 0.25) is 0 Å². The van der Waals surface area contributed by atoms with Gasteiger partial charge in [-0.25, -0.2) is 0 Å². The number of aromatic amines is 1. The van der Waals surface area contributed by atoms with E-state index in [4.69, 9.17) is 0 Å². The number of pyridine rings is 1. The van der Waals surface area contributed by atoms with E-state index in [2.05, 4.69) is 15.7 Å². The molecule has 1 fully saturated rings. The summed E-state index contributed by atoms with van der Waals surface area (Å²) in [6, 6.07) is 0.637. The van der Waals surface area contributed by atoms with E-state index < -0.39 is 34.8 Å². The predicted octanol–water partition coefficient (Wildman–Crippen LogP) is 1.07. The Hall–Kier alpha value is -2.62. The summed E-state index contributed by atoms with van der Waals surface area (Å²) in [6.07, 6.45) is -0.603. The molecular formula is C15H16F3N5O2. The molecule has 25 heavy (non-hydrogen) atoms. The molecule has 1 aliphatic heterocycles. The van der Waals surface area contributed by atoms with Gasteiger partial charge in [0.05, 0.1) is 17.7 Å². The number of aromatic nitrogens is 3. The van der Waals surface area contributed by atoms with Crippen molar-refractivity contribution in [3.05, 3.63) is 46.1 Å². The van der Waals surface area contributed by atoms with Crippen LogP contribution in [0.1, 0.15) is 17.0 Å². The molecule has 1 aliphatic rings. The minimum absolute atomic E-state index is 0.168. The Labute approximate surface area is 140 Å². The number of carbonyl (C=O) groups excluding carboxylic acids is 1. The highest BCUT2D eigenvalue weighted by Gasteiger charge is 2.36. The zero-order valence-corrected chi connectivity index (χ0v) is 13.2. The van der Waals surface area contributed by atoms with Gasteiger partial charge < -0.3 is 15.6 Å². The molecular weight excluding hydrogens is 339 g/mol. The first-order valence-corrected chi connectivity index (χ1v) is 7.56. The van der Waals surface area contributed by atoms with E-state index in [9.17, 15) is 22.8 Å². The van der Waals surface area contributed by atoms with Crippen LogP contribution in [0.25, 0.3) is 0 Å². The first kappa shape index (κ1) is 17.2. The number of nitrogens with zero attached hydrogens (tertiary/aromatic N) is 2. The lowest BCUT2D eigenvalue weighted by molar-refractivity contribution is -0.137. The van der Waals surface area contributed by atoms with Crippen molar-refractivity contribution in [1.82, 2.24) is 20.1 Å². The monoisotopic (exact) mass is 355 g/mol. The Morgan fingerprint density at radius 1 is 1.40 bits per heavy atom. The molecule has 0 bridgehead atoms. The van der Waals surface area contributed by atoms with Gasteiger partial charge in [-0.1, -0.05) is 0 Å². The normalized spacial score (nSPS) is 20.6. The topological polar surface area (TPSA) is 91.8 Å². The van der Waals surface area contributed by atoms with Crippen LogP contribution in [-0.2, 0) is 18.0 Å². The molecule has 0 aromatic carbocycles. The maximum atomic E-state index is 12.8. The SMILES string of the molecule is Cn1cc([C@H]2CNC[C@@H]2C(=O)Nc2cc(C(F)(F)F)c[nH]c2=O)cn1. The lowest BCUT2D eigenvalue weighted by Crippen LogP contribution is -2.30. The zero-order valence-electron chi connectivity index (χ0n) is 13.2. The van der Waals surface area contributed by atoms with Crippen LogP contribution in [0.3, 0.4) is 0 Å². The van der Waals surface area contributed by atoms with Gasteiger partial charge in [-0.3, -0.25) is 14.3 Å². The third-order valence-electron chi connectivity index (χ3n) is 4.19. The van der Waals surface area contributed by atoms with Crippen molar-refractivity contribution in [3.63, 3.8) is 0 Å². The van der Waals surface area contributed by atoms with Crippen LogP contribution >= 0.6 is 0 Å². The molecule has 0 aliphatic carbocycles. The van der Waals surface area contributed by atoms with E-state index in [1.165, 1.54) is 0 Å². The van der Waals surface area contributed by atoms with Gasteiger partial charge in [0.15, 0.2) is 0 Å². The molecule has 0 unspecified atom stereocenters. The van der Waals surface area contributed by atoms with Gasteiger partial charge in [0, 0.05) is 38.4 Å². The highest BCUT2D eigenvalue weighted by molar-refractivity contribution is 5.93. The largest absolute Gasteiger partial charge is 0.417 e. The van der Waals surface area contributed by atoms with Crippen molar-refractivity contribution >= 4 is 11.6 Å². The number of halogens is 3. The molecule has 7 nitrogen and oxygen atoms in total. The fourth-order valence-corrected chi connectivity index (χ4v) is 2.90. The highest BCUT2D eigenvalue weighted by atomic mass is 19.4. The number of hydrogen-bond donors (Lipinski definition) is 3. The molecule has 0 radical (unpaired) electrons. The molecule has 1 saturated heterocycles. The summed E-state index contributed by atoms with van der Waals surface area (Å²) in [5, 5.41) is 9.47. The van der Waals surface area contributed by atoms with Crippen LogP contribution in [0.4, 0.5) is 18.9 Å². The minimum atomic E-state index is -4.61. The van der Waals surface area contributed by atoms with Crippen LogP contribution in [0.15, 0.2) is 29.5 Å². The number of alkyl halides is 3. The molecule has 2 atom stereocenters. The van der Waals surface area contributed by atoms with E-state index in [1.807, 2.05) is 4.98 Å². The first-order valence-electron chi connectivity index (χ1n) is 7.56. The van der Waals surface area contributed by atoms with Crippen molar-refractivity contribution in [2.75, 3.05) is 18.4 Å². The van der Waals surface area contributed by atoms with Crippen LogP contribution < -0.4 is 16.2 Å². The van der Waals surface area contributed by atoms with E-state index in [-0.39, 0.29) is 5.92 Å². The van der Waals surface area contributed by atoms with Gasteiger partial charge >= 0.3 is 6.18 Å². The summed E-state index contributed by atoms with van der Waals surface area (Å²) in [4.78, 5) is 26.2. The third-order valence-corrected chi connectivity index (χ3v) is 4.19. The Kier molecular flexibility index (Phi) is 4.38. The highest BCUT2D eigenvalue weighted by Crippen LogP contribution is 2.31. The number of carbonyl (C=O) groups is 1. The smallest absolute Gasteiger partial charge is 0.327 e. The number of anilines is 1. The van der Waals surface area contributed by atoms with E-state index in [0.717, 1.165) is 5.56 Å². The van der Waals surface area contributed by atoms with Crippen molar-refractivity contribution in [3.8, 4) is 0 Å². The summed E-state index contributed by atoms with van der Waals surface area (Å²) < 4.78 is 39.9. The summed E-state index contributed by atoms with van der Waals surface area (Å²) in [5.41, 5.74) is -1.39. The van der Waals surface area contributed by atoms with Gasteiger partial charge in [0.25, 0.3) is 5.56 Å². The average molecular weight is 355 g/mol. The Bertz CT molecular complexity index is 842. The van der Waals surface area contributed by atoms with Gasteiger partial charge in [0.1, 0.15) is 5.69 Å². The van der Waals surface area contributed by atoms with Crippen LogP contribution in [0.5, 0.6) is 0 Å². The lowest BCUT2D eigenvalue weighted by atomic mass is 9.90. The van der Waals surface area contributed by atoms with Crippen molar-refractivity contribution in [2.45, 2.75) is 12.1 Å². The number of H-pyrrole nitrogens is 1. The standard InChI is InChI=1S/C15H16F3N5O2/c1-23-7-8(3-21-23)10-5-19-6-11(10)13(24)22-12-2-9(15(16,17)18)4-20-14(12)25/h2-4,7,10-11,19H,5-6H2,1H3,(H,20,25)(H,22,24)/t10-,11+/m1/s1. The molecule has 1 amide bonds. The molecule has 3 heterocycles. The summed E-state index contributed by atoms with van der Waals surface area (Å²) in [5.74, 6) is -1.19. The summed E-state index contributed by atoms with van der Waals surface area (Å²) >= 11 is 0. The second kappa shape index (κ2) is 6.36. The molecule has 3 rings (SSSR count). The third kappa shape index (κ3) is 3.58. The van der Waals surface area contributed by atoms with E-state index in [1.54, 1.807) is 24.1 Å². The molecule has 2 aromatic rings. The van der Waals surface area contributed by atoms with E-state index >= 15 is 0 Å². The van der Waals surface area contributed by atoms with Gasteiger partial charge in [0.2, 0.25) is 5.91 Å². The van der Waals surface area contributed by atoms with E-state index in [0.29, 0.717) is 25.4 Å². The Morgan fingerprint density at radius 2 is 2.16 bits per heavy atom. The molecule has 2 aromatic heterocycles.